The van der Waals surface area contributed by atoms with Crippen LogP contribution < -0.4 is 11.5 Å². The van der Waals surface area contributed by atoms with Gasteiger partial charge >= 0.3 is 88.2 Å². The summed E-state index contributed by atoms with van der Waals surface area (Å²) in [5, 5.41) is 8.41. The Morgan fingerprint density at radius 2 is 1.77 bits per heavy atom. The van der Waals surface area contributed by atoms with Crippen LogP contribution in [0.2, 0.25) is 0 Å². The molecule has 0 unspecified atom stereocenters. The zero-order valence-corrected chi connectivity index (χ0v) is 9.33. The van der Waals surface area contributed by atoms with Gasteiger partial charge in [-0.1, -0.05) is 0 Å². The van der Waals surface area contributed by atoms with E-state index in [1.54, 1.807) is 0 Å². The van der Waals surface area contributed by atoms with Gasteiger partial charge in [0, 0.05) is 0 Å². The first-order chi connectivity index (χ1) is 5.95. The van der Waals surface area contributed by atoms with E-state index in [-0.39, 0.29) is 10.4 Å². The summed E-state index contributed by atoms with van der Waals surface area (Å²) in [6, 6.07) is -1.47. The molecule has 0 rings (SSSR count). The number of carboxylic acid groups (broad SMARTS) is 1. The van der Waals surface area contributed by atoms with Crippen molar-refractivity contribution in [3.05, 3.63) is 0 Å². The van der Waals surface area contributed by atoms with Crippen LogP contribution in [-0.2, 0) is 9.59 Å². The molecule has 5 N–H and O–H groups in total. The molecular weight excluding hydrogens is 259 g/mol. The molecule has 0 aliphatic heterocycles. The van der Waals surface area contributed by atoms with Crippen LogP contribution in [0.5, 0.6) is 0 Å². The quantitative estimate of drug-likeness (QED) is 0.489. The molecule has 0 aliphatic rings. The molecule has 0 heterocycles. The second-order valence-electron chi connectivity index (χ2n) is 2.41. The van der Waals surface area contributed by atoms with Gasteiger partial charge in [-0.25, -0.2) is 0 Å². The van der Waals surface area contributed by atoms with Crippen molar-refractivity contribution in [3.63, 3.8) is 0 Å². The molecule has 0 amide bonds. The number of hydrogen-bond acceptors (Lipinski definition) is 5. The number of rotatable bonds is 6. The Kier molecular flexibility index (Phi) is 6.36. The Morgan fingerprint density at radius 1 is 1.31 bits per heavy atom. The van der Waals surface area contributed by atoms with Gasteiger partial charge in [0.05, 0.1) is 0 Å². The topological polar surface area (TPSA) is 106 Å². The molecule has 0 aromatic heterocycles. The van der Waals surface area contributed by atoms with Crippen LogP contribution >= 0.6 is 11.8 Å². The zero-order chi connectivity index (χ0) is 10.4. The molecular formula is C6H11N2O3SSe. The molecule has 0 bridgehead atoms. The van der Waals surface area contributed by atoms with Crippen LogP contribution in [0.3, 0.4) is 0 Å². The third-order valence-electron chi connectivity index (χ3n) is 1.21. The third-order valence-corrected chi connectivity index (χ3v) is 3.04. The van der Waals surface area contributed by atoms with Crippen LogP contribution in [0.4, 0.5) is 0 Å². The Bertz CT molecular complexity index is 182. The van der Waals surface area contributed by atoms with Crippen LogP contribution in [0.15, 0.2) is 0 Å². The Balaban J connectivity index is 3.56. The summed E-state index contributed by atoms with van der Waals surface area (Å²) in [5.41, 5.74) is 10.6. The summed E-state index contributed by atoms with van der Waals surface area (Å²) in [6.07, 6.45) is 0. The van der Waals surface area contributed by atoms with Gasteiger partial charge in [0.1, 0.15) is 0 Å². The van der Waals surface area contributed by atoms with E-state index in [0.717, 1.165) is 0 Å². The first kappa shape index (κ1) is 12.9. The van der Waals surface area contributed by atoms with Crippen LogP contribution in [0.1, 0.15) is 0 Å². The summed E-state index contributed by atoms with van der Waals surface area (Å²) in [6.45, 7) is 0. The van der Waals surface area contributed by atoms with Gasteiger partial charge in [-0.3, -0.25) is 0 Å². The molecule has 13 heavy (non-hydrogen) atoms. The molecule has 0 spiro atoms. The van der Waals surface area contributed by atoms with Crippen LogP contribution in [0, 0.1) is 0 Å². The summed E-state index contributed by atoms with van der Waals surface area (Å²) in [4.78, 5) is 20.9. The van der Waals surface area contributed by atoms with Gasteiger partial charge in [-0.15, -0.1) is 0 Å². The summed E-state index contributed by atoms with van der Waals surface area (Å²) in [5.74, 6) is -0.404. The van der Waals surface area contributed by atoms with Gasteiger partial charge in [0.25, 0.3) is 0 Å². The Labute approximate surface area is 88.4 Å². The normalized spacial score (nSPS) is 14.9. The molecule has 0 aromatic carbocycles. The average Bonchev–Trinajstić information content (AvgIpc) is 2.03. The fourth-order valence-electron chi connectivity index (χ4n) is 0.461. The maximum atomic E-state index is 10.6. The fraction of sp³-hybridized carbons (Fsp3) is 0.667. The van der Waals surface area contributed by atoms with E-state index in [9.17, 15) is 9.59 Å². The molecule has 0 saturated heterocycles. The average molecular weight is 270 g/mol. The van der Waals surface area contributed by atoms with Crippen molar-refractivity contribution >= 4 is 38.4 Å². The SMILES string of the molecule is N[C@@H](CSC[C@H](N)C(=O)[Se])C(=O)O. The van der Waals surface area contributed by atoms with Crippen molar-refractivity contribution in [2.24, 2.45) is 11.5 Å². The molecule has 2 atom stereocenters. The summed E-state index contributed by atoms with van der Waals surface area (Å²) >= 11 is 3.53. The predicted octanol–water partition coefficient (Wildman–Crippen LogP) is -1.85. The van der Waals surface area contributed by atoms with Crippen molar-refractivity contribution < 1.29 is 14.7 Å². The summed E-state index contributed by atoms with van der Waals surface area (Å²) < 4.78 is -0.226. The second-order valence-corrected chi connectivity index (χ2v) is 4.33. The van der Waals surface area contributed by atoms with E-state index < -0.39 is 18.1 Å². The zero-order valence-electron chi connectivity index (χ0n) is 6.80. The predicted molar refractivity (Wildman–Crippen MR) is 51.7 cm³/mol. The van der Waals surface area contributed by atoms with E-state index in [1.165, 1.54) is 11.8 Å². The molecule has 75 valence electrons. The van der Waals surface area contributed by atoms with Crippen LogP contribution in [-0.4, -0.2) is 55.4 Å². The summed E-state index contributed by atoms with van der Waals surface area (Å²) in [7, 11) is 0. The first-order valence-corrected chi connectivity index (χ1v) is 5.49. The van der Waals surface area contributed by atoms with Crippen LogP contribution in [0.25, 0.3) is 0 Å². The number of nitrogens with two attached hydrogens (primary N) is 2. The molecule has 5 nitrogen and oxygen atoms in total. The number of thioether (sulfide) groups is 1. The van der Waals surface area contributed by atoms with Gasteiger partial charge in [-0.05, 0) is 0 Å². The number of carbonyl (C=O) groups is 2. The minimum atomic E-state index is -1.05. The van der Waals surface area contributed by atoms with Crippen molar-refractivity contribution in [1.82, 2.24) is 0 Å². The van der Waals surface area contributed by atoms with Gasteiger partial charge < -0.3 is 0 Å². The van der Waals surface area contributed by atoms with Crippen molar-refractivity contribution in [2.45, 2.75) is 12.1 Å². The van der Waals surface area contributed by atoms with Gasteiger partial charge in [-0.2, -0.15) is 0 Å². The number of carboxylic acids is 1. The third kappa shape index (κ3) is 6.06. The number of aliphatic carboxylic acids is 1. The molecule has 0 saturated carbocycles. The molecule has 7 heteroatoms. The first-order valence-electron chi connectivity index (χ1n) is 3.47. The fourth-order valence-corrected chi connectivity index (χ4v) is 1.81. The Hall–Kier alpha value is -0.0705. The molecule has 0 fully saturated rings. The maximum absolute atomic E-state index is 10.6. The van der Waals surface area contributed by atoms with Gasteiger partial charge in [0.15, 0.2) is 0 Å². The van der Waals surface area contributed by atoms with E-state index in [0.29, 0.717) is 5.75 Å². The van der Waals surface area contributed by atoms with Crippen molar-refractivity contribution in [2.75, 3.05) is 11.5 Å². The monoisotopic (exact) mass is 271 g/mol. The standard InChI is InChI=1S/C6H11N2O3SSe/c7-3(5(9)10)1-12-2-4(8)6(11)13/h3-4H,1-2,7-8H2,(H,9,10)/t3-,4-/m0/s1. The van der Waals surface area contributed by atoms with E-state index in [2.05, 4.69) is 16.0 Å². The minimum absolute atomic E-state index is 0.226. The van der Waals surface area contributed by atoms with Crippen molar-refractivity contribution in [3.8, 4) is 0 Å². The van der Waals surface area contributed by atoms with E-state index in [4.69, 9.17) is 16.6 Å². The van der Waals surface area contributed by atoms with Crippen molar-refractivity contribution in [1.29, 1.82) is 0 Å². The van der Waals surface area contributed by atoms with Gasteiger partial charge in [0.2, 0.25) is 0 Å². The van der Waals surface area contributed by atoms with E-state index in [1.807, 2.05) is 0 Å². The molecule has 0 aromatic rings. The number of hydrogen-bond donors (Lipinski definition) is 3. The second kappa shape index (κ2) is 6.39. The Morgan fingerprint density at radius 3 is 2.15 bits per heavy atom. The number of carbonyl (C=O) groups excluding carboxylic acids is 1. The molecule has 1 radical (unpaired) electrons. The molecule has 0 aliphatic carbocycles. The van der Waals surface area contributed by atoms with E-state index >= 15 is 0 Å².